The van der Waals surface area contributed by atoms with Gasteiger partial charge in [0.1, 0.15) is 5.82 Å². The molecule has 0 amide bonds. The number of hydrogen-bond acceptors (Lipinski definition) is 7. The Morgan fingerprint density at radius 3 is 2.06 bits per heavy atom. The van der Waals surface area contributed by atoms with Crippen molar-refractivity contribution in [2.75, 3.05) is 39.5 Å². The van der Waals surface area contributed by atoms with E-state index in [-0.39, 0.29) is 19.8 Å². The highest BCUT2D eigenvalue weighted by molar-refractivity contribution is 4.99. The van der Waals surface area contributed by atoms with Gasteiger partial charge in [0, 0.05) is 39.5 Å². The van der Waals surface area contributed by atoms with Crippen LogP contribution < -0.4 is 5.73 Å². The molecule has 0 fully saturated rings. The van der Waals surface area contributed by atoms with E-state index in [1.807, 2.05) is 21.3 Å². The lowest BCUT2D eigenvalue weighted by atomic mass is 10.4. The number of aliphatic hydroxyl groups is 3. The van der Waals surface area contributed by atoms with Gasteiger partial charge >= 0.3 is 0 Å². The summed E-state index contributed by atoms with van der Waals surface area (Å²) in [7, 11) is 0. The third-order valence-electron chi connectivity index (χ3n) is 2.74. The predicted molar refractivity (Wildman–Crippen MR) is 67.5 cm³/mol. The Kier molecular flexibility index (Phi) is 6.81. The van der Waals surface area contributed by atoms with Gasteiger partial charge in [0.05, 0.1) is 6.20 Å². The predicted octanol–water partition coefficient (Wildman–Crippen LogP) is -1.36. The van der Waals surface area contributed by atoms with Crippen LogP contribution >= 0.6 is 0 Å². The number of aliphatic hydroxyl groups excluding tert-OH is 3. The Balaban J connectivity index is 2.59. The molecule has 0 atom stereocenters. The Morgan fingerprint density at radius 1 is 0.889 bits per heavy atom. The molecule has 0 aromatic carbocycles. The number of nitrogens with two attached hydrogens (primary N) is 1. The summed E-state index contributed by atoms with van der Waals surface area (Å²) in [6, 6.07) is 0. The van der Waals surface area contributed by atoms with Crippen molar-refractivity contribution in [1.29, 1.82) is 0 Å². The lowest BCUT2D eigenvalue weighted by molar-refractivity contribution is -0.119. The fraction of sp³-hybridized carbons (Fsp3) is 0.818. The standard InChI is InChI=1S/C11H24N4O3/c12-11-10-13(4-1-7-16)15(6-3-9-18)14(11)5-2-8-17/h10,16-18H,1-9,12H2. The molecule has 1 aliphatic rings. The first-order chi connectivity index (χ1) is 8.74. The molecule has 1 aliphatic heterocycles. The van der Waals surface area contributed by atoms with Crippen molar-refractivity contribution in [2.45, 2.75) is 19.3 Å². The number of hydrogen-bond donors (Lipinski definition) is 4. The molecule has 7 heteroatoms. The molecule has 106 valence electrons. The van der Waals surface area contributed by atoms with Crippen molar-refractivity contribution in [3.63, 3.8) is 0 Å². The topological polar surface area (TPSA) is 96.4 Å². The molecule has 0 aromatic rings. The fourth-order valence-electron chi connectivity index (χ4n) is 1.90. The summed E-state index contributed by atoms with van der Waals surface area (Å²) in [6.07, 6.45) is 3.77. The highest BCUT2D eigenvalue weighted by Crippen LogP contribution is 2.19. The molecule has 0 spiro atoms. The smallest absolute Gasteiger partial charge is 0.133 e. The third-order valence-corrected chi connectivity index (χ3v) is 2.74. The quantitative estimate of drug-likeness (QED) is 0.406. The molecule has 7 nitrogen and oxygen atoms in total. The zero-order valence-electron chi connectivity index (χ0n) is 10.7. The second-order valence-corrected chi connectivity index (χ2v) is 4.17. The van der Waals surface area contributed by atoms with E-state index in [4.69, 9.17) is 21.1 Å². The van der Waals surface area contributed by atoms with Crippen molar-refractivity contribution in [2.24, 2.45) is 5.73 Å². The zero-order valence-corrected chi connectivity index (χ0v) is 10.7. The van der Waals surface area contributed by atoms with Gasteiger partial charge in [-0.2, -0.15) is 0 Å². The van der Waals surface area contributed by atoms with Crippen molar-refractivity contribution in [3.05, 3.63) is 12.0 Å². The molecule has 0 saturated carbocycles. The van der Waals surface area contributed by atoms with Crippen LogP contribution in [0.25, 0.3) is 0 Å². The molecule has 1 rings (SSSR count). The lowest BCUT2D eigenvalue weighted by Crippen LogP contribution is -2.48. The van der Waals surface area contributed by atoms with Gasteiger partial charge in [-0.05, 0) is 19.3 Å². The van der Waals surface area contributed by atoms with Gasteiger partial charge in [-0.3, -0.25) is 10.0 Å². The Hall–Kier alpha value is -1.02. The van der Waals surface area contributed by atoms with E-state index in [0.717, 1.165) is 0 Å². The van der Waals surface area contributed by atoms with Gasteiger partial charge in [-0.1, -0.05) is 0 Å². The van der Waals surface area contributed by atoms with Gasteiger partial charge in [0.25, 0.3) is 0 Å². The molecule has 18 heavy (non-hydrogen) atoms. The summed E-state index contributed by atoms with van der Waals surface area (Å²) in [4.78, 5) is 0. The monoisotopic (exact) mass is 260 g/mol. The highest BCUT2D eigenvalue weighted by atomic mass is 16.3. The maximum absolute atomic E-state index is 8.93. The van der Waals surface area contributed by atoms with Crippen LogP contribution in [0.4, 0.5) is 0 Å². The third kappa shape index (κ3) is 4.02. The minimum absolute atomic E-state index is 0.119. The van der Waals surface area contributed by atoms with Crippen LogP contribution in [-0.4, -0.2) is 69.9 Å². The van der Waals surface area contributed by atoms with Crippen LogP contribution in [0.3, 0.4) is 0 Å². The Bertz CT molecular complexity index is 263. The van der Waals surface area contributed by atoms with Crippen molar-refractivity contribution in [3.8, 4) is 0 Å². The Morgan fingerprint density at radius 2 is 1.44 bits per heavy atom. The second-order valence-electron chi connectivity index (χ2n) is 4.17. The largest absolute Gasteiger partial charge is 0.396 e. The summed E-state index contributed by atoms with van der Waals surface area (Å²) in [5, 5.41) is 32.5. The van der Waals surface area contributed by atoms with E-state index < -0.39 is 0 Å². The van der Waals surface area contributed by atoms with E-state index in [0.29, 0.717) is 44.7 Å². The van der Waals surface area contributed by atoms with Crippen LogP contribution in [0.2, 0.25) is 0 Å². The first-order valence-electron chi connectivity index (χ1n) is 6.36. The molecule has 0 aromatic heterocycles. The van der Waals surface area contributed by atoms with Crippen molar-refractivity contribution < 1.29 is 15.3 Å². The first kappa shape index (κ1) is 15.0. The number of rotatable bonds is 9. The van der Waals surface area contributed by atoms with Gasteiger partial charge in [0.2, 0.25) is 0 Å². The van der Waals surface area contributed by atoms with Crippen LogP contribution in [0, 0.1) is 0 Å². The summed E-state index contributed by atoms with van der Waals surface area (Å²) < 4.78 is 0. The lowest BCUT2D eigenvalue weighted by Gasteiger charge is -2.36. The van der Waals surface area contributed by atoms with E-state index >= 15 is 0 Å². The van der Waals surface area contributed by atoms with Crippen LogP contribution in [-0.2, 0) is 0 Å². The maximum atomic E-state index is 8.93. The molecule has 0 aliphatic carbocycles. The molecule has 0 bridgehead atoms. The molecule has 0 saturated heterocycles. The minimum atomic E-state index is 0.119. The summed E-state index contributed by atoms with van der Waals surface area (Å²) in [5.74, 6) is 0.624. The first-order valence-corrected chi connectivity index (χ1v) is 6.36. The van der Waals surface area contributed by atoms with Gasteiger partial charge in [0.15, 0.2) is 0 Å². The highest BCUT2D eigenvalue weighted by Gasteiger charge is 2.27. The minimum Gasteiger partial charge on any atom is -0.396 e. The van der Waals surface area contributed by atoms with E-state index in [1.165, 1.54) is 0 Å². The molecule has 1 heterocycles. The number of hydrazine groups is 2. The van der Waals surface area contributed by atoms with E-state index in [2.05, 4.69) is 0 Å². The van der Waals surface area contributed by atoms with Crippen LogP contribution in [0.15, 0.2) is 12.0 Å². The Labute approximate surface area is 108 Å². The zero-order chi connectivity index (χ0) is 13.4. The molecule has 0 radical (unpaired) electrons. The molecule has 5 N–H and O–H groups in total. The van der Waals surface area contributed by atoms with E-state index in [1.54, 1.807) is 0 Å². The van der Waals surface area contributed by atoms with Gasteiger partial charge < -0.3 is 21.1 Å². The van der Waals surface area contributed by atoms with Gasteiger partial charge in [-0.15, -0.1) is 5.12 Å². The molecule has 0 unspecified atom stereocenters. The summed E-state index contributed by atoms with van der Waals surface area (Å²) in [5.41, 5.74) is 5.94. The number of nitrogens with zero attached hydrogens (tertiary/aromatic N) is 3. The molecular formula is C11H24N4O3. The fourth-order valence-corrected chi connectivity index (χ4v) is 1.90. The maximum Gasteiger partial charge on any atom is 0.133 e. The normalized spacial score (nSPS) is 16.5. The van der Waals surface area contributed by atoms with Gasteiger partial charge in [-0.25, -0.2) is 0 Å². The average Bonchev–Trinajstić information content (AvgIpc) is 2.67. The van der Waals surface area contributed by atoms with Crippen molar-refractivity contribution >= 4 is 0 Å². The summed E-state index contributed by atoms with van der Waals surface area (Å²) in [6.45, 7) is 2.35. The molecular weight excluding hydrogens is 236 g/mol. The SMILES string of the molecule is NC1=CN(CCCO)N(CCCO)N1CCCO. The van der Waals surface area contributed by atoms with Crippen LogP contribution in [0.1, 0.15) is 19.3 Å². The van der Waals surface area contributed by atoms with Crippen LogP contribution in [0.5, 0.6) is 0 Å². The van der Waals surface area contributed by atoms with E-state index in [9.17, 15) is 0 Å². The second kappa shape index (κ2) is 8.15. The average molecular weight is 260 g/mol. The summed E-state index contributed by atoms with van der Waals surface area (Å²) >= 11 is 0. The van der Waals surface area contributed by atoms with Crippen molar-refractivity contribution in [1.82, 2.24) is 15.1 Å².